The zero-order chi connectivity index (χ0) is 25.8. The number of carbonyl (C=O) groups excluding carboxylic acids is 4. The van der Waals surface area contributed by atoms with Gasteiger partial charge in [0.1, 0.15) is 19.0 Å². The van der Waals surface area contributed by atoms with Gasteiger partial charge in [-0.05, 0) is 57.6 Å². The molecule has 192 valence electrons. The molecular formula is C27H39N3O5. The second-order valence-electron chi connectivity index (χ2n) is 9.10. The van der Waals surface area contributed by atoms with Crippen molar-refractivity contribution in [2.45, 2.75) is 58.8 Å². The standard InChI is InChI=1S/C27H39N3O5/c1-19(20(2)31)10-7-8-15-29-25(32)17-35-18-26(33)30(4)22-12-9-11-21(16-22)27(34)23-13-5-6-14-24(23)28-3/h9,11-12,16,19,28H,5-8,10,13-15,17-18H2,1-4H3,(H,29,32). The third-order valence-electron chi connectivity index (χ3n) is 6.45. The van der Waals surface area contributed by atoms with Crippen molar-refractivity contribution in [2.75, 3.05) is 38.8 Å². The molecule has 0 saturated heterocycles. The molecule has 0 aliphatic heterocycles. The van der Waals surface area contributed by atoms with E-state index >= 15 is 0 Å². The Morgan fingerprint density at radius 3 is 2.54 bits per heavy atom. The number of allylic oxidation sites excluding steroid dienone is 2. The smallest absolute Gasteiger partial charge is 0.252 e. The Balaban J connectivity index is 1.79. The van der Waals surface area contributed by atoms with Gasteiger partial charge in [0.25, 0.3) is 5.91 Å². The molecule has 0 radical (unpaired) electrons. The van der Waals surface area contributed by atoms with E-state index in [2.05, 4.69) is 10.6 Å². The second-order valence-corrected chi connectivity index (χ2v) is 9.10. The van der Waals surface area contributed by atoms with Gasteiger partial charge in [-0.1, -0.05) is 25.5 Å². The van der Waals surface area contributed by atoms with Gasteiger partial charge in [0, 0.05) is 49.1 Å². The predicted molar refractivity (Wildman–Crippen MR) is 136 cm³/mol. The zero-order valence-corrected chi connectivity index (χ0v) is 21.4. The Morgan fingerprint density at radius 2 is 1.83 bits per heavy atom. The van der Waals surface area contributed by atoms with Gasteiger partial charge in [0.15, 0.2) is 5.78 Å². The van der Waals surface area contributed by atoms with E-state index in [9.17, 15) is 19.2 Å². The maximum absolute atomic E-state index is 13.1. The zero-order valence-electron chi connectivity index (χ0n) is 21.4. The summed E-state index contributed by atoms with van der Waals surface area (Å²) in [5.41, 5.74) is 2.95. The number of nitrogens with one attached hydrogen (secondary N) is 2. The van der Waals surface area contributed by atoms with Crippen LogP contribution in [0.15, 0.2) is 35.5 Å². The number of ketones is 2. The van der Waals surface area contributed by atoms with Crippen LogP contribution >= 0.6 is 0 Å². The summed E-state index contributed by atoms with van der Waals surface area (Å²) < 4.78 is 5.30. The van der Waals surface area contributed by atoms with Crippen LogP contribution in [0.5, 0.6) is 0 Å². The average Bonchev–Trinajstić information content (AvgIpc) is 2.87. The minimum Gasteiger partial charge on any atom is -0.391 e. The number of Topliss-reactive ketones (excluding diaryl/α,β-unsaturated/α-hetero) is 2. The highest BCUT2D eigenvalue weighted by molar-refractivity contribution is 6.10. The lowest BCUT2D eigenvalue weighted by atomic mass is 9.90. The molecule has 0 spiro atoms. The van der Waals surface area contributed by atoms with E-state index in [4.69, 9.17) is 4.74 Å². The van der Waals surface area contributed by atoms with E-state index < -0.39 is 0 Å². The fourth-order valence-corrected chi connectivity index (χ4v) is 3.99. The number of nitrogens with zero attached hydrogens (tertiary/aromatic N) is 1. The molecule has 8 nitrogen and oxygen atoms in total. The maximum atomic E-state index is 13.1. The molecule has 0 aromatic heterocycles. The molecule has 2 N–H and O–H groups in total. The van der Waals surface area contributed by atoms with Crippen molar-refractivity contribution >= 4 is 29.1 Å². The van der Waals surface area contributed by atoms with Crippen molar-refractivity contribution in [3.05, 3.63) is 41.1 Å². The first kappa shape index (κ1) is 28.2. The first-order valence-corrected chi connectivity index (χ1v) is 12.4. The number of benzene rings is 1. The summed E-state index contributed by atoms with van der Waals surface area (Å²) in [6.07, 6.45) is 6.15. The van der Waals surface area contributed by atoms with E-state index in [0.717, 1.165) is 56.2 Å². The van der Waals surface area contributed by atoms with E-state index in [1.54, 1.807) is 38.2 Å². The Hall–Kier alpha value is -3.00. The highest BCUT2D eigenvalue weighted by Gasteiger charge is 2.21. The van der Waals surface area contributed by atoms with Crippen LogP contribution in [0.2, 0.25) is 0 Å². The molecule has 0 bridgehead atoms. The first-order chi connectivity index (χ1) is 16.7. The van der Waals surface area contributed by atoms with Crippen LogP contribution in [0.25, 0.3) is 0 Å². The van der Waals surface area contributed by atoms with Gasteiger partial charge in [-0.2, -0.15) is 0 Å². The van der Waals surface area contributed by atoms with Crippen molar-refractivity contribution in [1.82, 2.24) is 10.6 Å². The summed E-state index contributed by atoms with van der Waals surface area (Å²) >= 11 is 0. The average molecular weight is 486 g/mol. The van der Waals surface area contributed by atoms with Crippen LogP contribution in [0.1, 0.15) is 69.2 Å². The monoisotopic (exact) mass is 485 g/mol. The van der Waals surface area contributed by atoms with Gasteiger partial charge < -0.3 is 20.3 Å². The minimum atomic E-state index is -0.312. The van der Waals surface area contributed by atoms with Gasteiger partial charge in [0.05, 0.1) is 0 Å². The number of carbonyl (C=O) groups is 4. The fourth-order valence-electron chi connectivity index (χ4n) is 3.99. The summed E-state index contributed by atoms with van der Waals surface area (Å²) in [6, 6.07) is 7.01. The number of likely N-dealkylation sites (N-methyl/N-ethyl adjacent to an activating group) is 1. The number of rotatable bonds is 14. The summed E-state index contributed by atoms with van der Waals surface area (Å²) in [5.74, 6) is -0.381. The molecule has 0 fully saturated rings. The maximum Gasteiger partial charge on any atom is 0.252 e. The lowest BCUT2D eigenvalue weighted by Crippen LogP contribution is -2.33. The van der Waals surface area contributed by atoms with Crippen molar-refractivity contribution < 1.29 is 23.9 Å². The lowest BCUT2D eigenvalue weighted by molar-refractivity contribution is -0.129. The number of anilines is 1. The van der Waals surface area contributed by atoms with Gasteiger partial charge in [0.2, 0.25) is 5.91 Å². The Labute approximate surface area is 208 Å². The van der Waals surface area contributed by atoms with Crippen molar-refractivity contribution in [2.24, 2.45) is 5.92 Å². The molecule has 35 heavy (non-hydrogen) atoms. The van der Waals surface area contributed by atoms with Crippen LogP contribution < -0.4 is 15.5 Å². The molecular weight excluding hydrogens is 446 g/mol. The third-order valence-corrected chi connectivity index (χ3v) is 6.45. The van der Waals surface area contributed by atoms with Gasteiger partial charge in [-0.15, -0.1) is 0 Å². The number of ether oxygens (including phenoxy) is 1. The van der Waals surface area contributed by atoms with E-state index in [1.807, 2.05) is 14.0 Å². The summed E-state index contributed by atoms with van der Waals surface area (Å²) in [4.78, 5) is 50.2. The predicted octanol–water partition coefficient (Wildman–Crippen LogP) is 3.41. The Bertz CT molecular complexity index is 940. The minimum absolute atomic E-state index is 0.0135. The molecule has 2 amide bonds. The lowest BCUT2D eigenvalue weighted by Gasteiger charge is -2.21. The van der Waals surface area contributed by atoms with Crippen molar-refractivity contribution in [1.29, 1.82) is 0 Å². The van der Waals surface area contributed by atoms with Crippen molar-refractivity contribution in [3.63, 3.8) is 0 Å². The summed E-state index contributed by atoms with van der Waals surface area (Å²) in [5, 5.41) is 5.91. The normalized spacial score (nSPS) is 14.3. The molecule has 0 heterocycles. The fraction of sp³-hybridized carbons (Fsp3) is 0.556. The molecule has 8 heteroatoms. The Kier molecular flexibility index (Phi) is 11.6. The number of hydrogen-bond acceptors (Lipinski definition) is 6. The van der Waals surface area contributed by atoms with E-state index in [1.165, 1.54) is 4.90 Å². The van der Waals surface area contributed by atoms with E-state index in [-0.39, 0.29) is 42.5 Å². The van der Waals surface area contributed by atoms with Crippen LogP contribution in [0, 0.1) is 5.92 Å². The number of hydrogen-bond donors (Lipinski definition) is 2. The van der Waals surface area contributed by atoms with Gasteiger partial charge in [-0.3, -0.25) is 19.2 Å². The number of unbranched alkanes of at least 4 members (excludes halogenated alkanes) is 1. The highest BCUT2D eigenvalue weighted by Crippen LogP contribution is 2.27. The highest BCUT2D eigenvalue weighted by atomic mass is 16.5. The summed E-state index contributed by atoms with van der Waals surface area (Å²) in [6.45, 7) is 3.56. The molecule has 1 aromatic carbocycles. The summed E-state index contributed by atoms with van der Waals surface area (Å²) in [7, 11) is 3.46. The molecule has 1 aromatic rings. The molecule has 1 atom stereocenters. The van der Waals surface area contributed by atoms with Crippen molar-refractivity contribution in [3.8, 4) is 0 Å². The van der Waals surface area contributed by atoms with Gasteiger partial charge >= 0.3 is 0 Å². The second kappa shape index (κ2) is 14.4. The molecule has 2 rings (SSSR count). The van der Waals surface area contributed by atoms with Crippen LogP contribution in [0.4, 0.5) is 5.69 Å². The quantitative estimate of drug-likeness (QED) is 0.309. The third kappa shape index (κ3) is 8.94. The molecule has 1 aliphatic carbocycles. The van der Waals surface area contributed by atoms with Crippen LogP contribution in [-0.2, 0) is 19.1 Å². The molecule has 1 aliphatic rings. The van der Waals surface area contributed by atoms with Crippen LogP contribution in [-0.4, -0.2) is 57.2 Å². The largest absolute Gasteiger partial charge is 0.391 e. The van der Waals surface area contributed by atoms with E-state index in [0.29, 0.717) is 17.8 Å². The molecule has 0 saturated carbocycles. The molecule has 1 unspecified atom stereocenters. The SMILES string of the molecule is CNC1=C(C(=O)c2cccc(N(C)C(=O)COCC(=O)NCCCCC(C)C(C)=O)c2)CCCC1. The first-order valence-electron chi connectivity index (χ1n) is 12.4. The van der Waals surface area contributed by atoms with Crippen LogP contribution in [0.3, 0.4) is 0 Å². The Morgan fingerprint density at radius 1 is 1.09 bits per heavy atom. The topological polar surface area (TPSA) is 105 Å². The number of amides is 2. The van der Waals surface area contributed by atoms with Gasteiger partial charge in [-0.25, -0.2) is 0 Å².